The van der Waals surface area contributed by atoms with Gasteiger partial charge in [-0.3, -0.25) is 0 Å². The maximum atomic E-state index is 9.96. The molecule has 0 aromatic heterocycles. The van der Waals surface area contributed by atoms with Crippen molar-refractivity contribution in [1.29, 1.82) is 0 Å². The van der Waals surface area contributed by atoms with Crippen molar-refractivity contribution in [3.8, 4) is 28.4 Å². The molecule has 0 saturated heterocycles. The molecule has 0 aliphatic rings. The zero-order valence-corrected chi connectivity index (χ0v) is 9.81. The number of phenolic OH excluding ortho intramolecular Hbond substituents is 1. The molecule has 0 atom stereocenters. The molecule has 0 fully saturated rings. The third kappa shape index (κ3) is 2.04. The average molecular weight is 230 g/mol. The smallest absolute Gasteiger partial charge is 0.130 e. The monoisotopic (exact) mass is 230 g/mol. The van der Waals surface area contributed by atoms with Gasteiger partial charge in [-0.2, -0.15) is 0 Å². The summed E-state index contributed by atoms with van der Waals surface area (Å²) < 4.78 is 10.6. The predicted octanol–water partition coefficient (Wildman–Crippen LogP) is 3.08. The van der Waals surface area contributed by atoms with Crippen LogP contribution in [0.4, 0.5) is 0 Å². The third-order valence-electron chi connectivity index (χ3n) is 2.60. The molecule has 0 bridgehead atoms. The summed E-state index contributed by atoms with van der Waals surface area (Å²) in [7, 11) is 3.18. The van der Waals surface area contributed by atoms with Gasteiger partial charge in [-0.05, 0) is 18.2 Å². The van der Waals surface area contributed by atoms with Crippen molar-refractivity contribution in [2.75, 3.05) is 14.2 Å². The first-order chi connectivity index (χ1) is 8.27. The summed E-state index contributed by atoms with van der Waals surface area (Å²) in [4.78, 5) is 0. The first-order valence-electron chi connectivity index (χ1n) is 5.27. The molecule has 0 unspecified atom stereocenters. The summed E-state index contributed by atoms with van der Waals surface area (Å²) in [5.74, 6) is 1.50. The van der Waals surface area contributed by atoms with Gasteiger partial charge in [0.05, 0.1) is 19.8 Å². The van der Waals surface area contributed by atoms with Crippen LogP contribution in [0, 0.1) is 0 Å². The van der Waals surface area contributed by atoms with E-state index in [0.717, 1.165) is 5.56 Å². The lowest BCUT2D eigenvalue weighted by Gasteiger charge is -2.13. The fourth-order valence-corrected chi connectivity index (χ4v) is 1.81. The van der Waals surface area contributed by atoms with E-state index in [0.29, 0.717) is 17.1 Å². The highest BCUT2D eigenvalue weighted by molar-refractivity contribution is 5.80. The van der Waals surface area contributed by atoms with Crippen LogP contribution < -0.4 is 9.47 Å². The molecule has 0 spiro atoms. The van der Waals surface area contributed by atoms with Gasteiger partial charge in [0.15, 0.2) is 0 Å². The molecule has 2 aromatic rings. The molecule has 0 radical (unpaired) electrons. The van der Waals surface area contributed by atoms with Gasteiger partial charge < -0.3 is 14.6 Å². The SMILES string of the molecule is COc1ccccc1-c1c(O)cccc1OC. The van der Waals surface area contributed by atoms with E-state index in [2.05, 4.69) is 0 Å². The van der Waals surface area contributed by atoms with Gasteiger partial charge >= 0.3 is 0 Å². The molecule has 2 aromatic carbocycles. The van der Waals surface area contributed by atoms with Crippen LogP contribution in [0.3, 0.4) is 0 Å². The van der Waals surface area contributed by atoms with Crippen LogP contribution in [-0.4, -0.2) is 19.3 Å². The summed E-state index contributed by atoms with van der Waals surface area (Å²) in [5.41, 5.74) is 1.46. The summed E-state index contributed by atoms with van der Waals surface area (Å²) in [6, 6.07) is 12.7. The third-order valence-corrected chi connectivity index (χ3v) is 2.60. The number of ether oxygens (including phenoxy) is 2. The van der Waals surface area contributed by atoms with Crippen LogP contribution in [0.15, 0.2) is 42.5 Å². The largest absolute Gasteiger partial charge is 0.507 e. The number of methoxy groups -OCH3 is 2. The Morgan fingerprint density at radius 3 is 2.18 bits per heavy atom. The number of benzene rings is 2. The molecule has 88 valence electrons. The van der Waals surface area contributed by atoms with E-state index in [4.69, 9.17) is 9.47 Å². The lowest BCUT2D eigenvalue weighted by Crippen LogP contribution is -1.91. The van der Waals surface area contributed by atoms with Crippen LogP contribution in [0.1, 0.15) is 0 Å². The highest BCUT2D eigenvalue weighted by atomic mass is 16.5. The summed E-state index contributed by atoms with van der Waals surface area (Å²) in [6.45, 7) is 0. The lowest BCUT2D eigenvalue weighted by atomic mass is 10.0. The van der Waals surface area contributed by atoms with E-state index in [1.54, 1.807) is 26.4 Å². The Hall–Kier alpha value is -2.16. The molecule has 0 amide bonds. The first kappa shape index (κ1) is 11.3. The summed E-state index contributed by atoms with van der Waals surface area (Å²) >= 11 is 0. The zero-order chi connectivity index (χ0) is 12.3. The lowest BCUT2D eigenvalue weighted by molar-refractivity contribution is 0.405. The van der Waals surface area contributed by atoms with Crippen molar-refractivity contribution >= 4 is 0 Å². The molecule has 2 rings (SSSR count). The van der Waals surface area contributed by atoms with E-state index < -0.39 is 0 Å². The number of aromatic hydroxyl groups is 1. The van der Waals surface area contributed by atoms with Crippen molar-refractivity contribution in [3.63, 3.8) is 0 Å². The van der Waals surface area contributed by atoms with Crippen LogP contribution >= 0.6 is 0 Å². The number of hydrogen-bond acceptors (Lipinski definition) is 3. The second-order valence-corrected chi connectivity index (χ2v) is 3.55. The standard InChI is InChI=1S/C14H14O3/c1-16-12-8-4-3-6-10(12)14-11(15)7-5-9-13(14)17-2/h3-9,15H,1-2H3. The Kier molecular flexibility index (Phi) is 3.19. The molecule has 17 heavy (non-hydrogen) atoms. The fraction of sp³-hybridized carbons (Fsp3) is 0.143. The quantitative estimate of drug-likeness (QED) is 0.880. The molecule has 0 saturated carbocycles. The molecule has 0 aliphatic carbocycles. The minimum absolute atomic E-state index is 0.175. The van der Waals surface area contributed by atoms with E-state index in [1.807, 2.05) is 30.3 Å². The van der Waals surface area contributed by atoms with Crippen molar-refractivity contribution in [3.05, 3.63) is 42.5 Å². The van der Waals surface area contributed by atoms with Gasteiger partial charge in [0, 0.05) is 5.56 Å². The van der Waals surface area contributed by atoms with E-state index in [-0.39, 0.29) is 5.75 Å². The Bertz CT molecular complexity index is 521. The van der Waals surface area contributed by atoms with Gasteiger partial charge in [-0.1, -0.05) is 24.3 Å². The van der Waals surface area contributed by atoms with Crippen LogP contribution in [0.2, 0.25) is 0 Å². The minimum Gasteiger partial charge on any atom is -0.507 e. The van der Waals surface area contributed by atoms with Gasteiger partial charge in [0.1, 0.15) is 17.2 Å². The van der Waals surface area contributed by atoms with Crippen molar-refractivity contribution < 1.29 is 14.6 Å². The van der Waals surface area contributed by atoms with Crippen LogP contribution in [0.25, 0.3) is 11.1 Å². The Labute approximate surface area is 100 Å². The minimum atomic E-state index is 0.175. The number of rotatable bonds is 3. The molecule has 3 heteroatoms. The molecule has 3 nitrogen and oxygen atoms in total. The van der Waals surface area contributed by atoms with Crippen LogP contribution in [-0.2, 0) is 0 Å². The maximum absolute atomic E-state index is 9.96. The molecular formula is C14H14O3. The zero-order valence-electron chi connectivity index (χ0n) is 9.81. The van der Waals surface area contributed by atoms with Gasteiger partial charge in [0.2, 0.25) is 0 Å². The van der Waals surface area contributed by atoms with Crippen molar-refractivity contribution in [2.45, 2.75) is 0 Å². The van der Waals surface area contributed by atoms with Gasteiger partial charge in [0.25, 0.3) is 0 Å². The fourth-order valence-electron chi connectivity index (χ4n) is 1.81. The second-order valence-electron chi connectivity index (χ2n) is 3.55. The molecule has 0 aliphatic heterocycles. The molecular weight excluding hydrogens is 216 g/mol. The van der Waals surface area contributed by atoms with Crippen LogP contribution in [0.5, 0.6) is 17.2 Å². The van der Waals surface area contributed by atoms with Crippen molar-refractivity contribution in [2.24, 2.45) is 0 Å². The topological polar surface area (TPSA) is 38.7 Å². The number of phenols is 1. The first-order valence-corrected chi connectivity index (χ1v) is 5.27. The predicted molar refractivity (Wildman–Crippen MR) is 66.6 cm³/mol. The molecule has 0 heterocycles. The number of hydrogen-bond donors (Lipinski definition) is 1. The Balaban J connectivity index is 2.67. The van der Waals surface area contributed by atoms with E-state index in [1.165, 1.54) is 0 Å². The summed E-state index contributed by atoms with van der Waals surface area (Å²) in [6.07, 6.45) is 0. The second kappa shape index (κ2) is 4.78. The highest BCUT2D eigenvalue weighted by Gasteiger charge is 2.14. The normalized spacial score (nSPS) is 10.0. The highest BCUT2D eigenvalue weighted by Crippen LogP contribution is 2.41. The van der Waals surface area contributed by atoms with E-state index >= 15 is 0 Å². The van der Waals surface area contributed by atoms with E-state index in [9.17, 15) is 5.11 Å². The Morgan fingerprint density at radius 2 is 1.47 bits per heavy atom. The van der Waals surface area contributed by atoms with Gasteiger partial charge in [-0.15, -0.1) is 0 Å². The van der Waals surface area contributed by atoms with Crippen molar-refractivity contribution in [1.82, 2.24) is 0 Å². The van der Waals surface area contributed by atoms with Gasteiger partial charge in [-0.25, -0.2) is 0 Å². The number of para-hydroxylation sites is 1. The Morgan fingerprint density at radius 1 is 0.824 bits per heavy atom. The maximum Gasteiger partial charge on any atom is 0.130 e. The summed E-state index contributed by atoms with van der Waals surface area (Å²) in [5, 5.41) is 9.96. The average Bonchev–Trinajstić information content (AvgIpc) is 2.38. The molecule has 1 N–H and O–H groups in total.